The Hall–Kier alpha value is -1.40. The molecule has 4 rings (SSSR count). The highest BCUT2D eigenvalue weighted by atomic mass is 35.5. The molecule has 2 aliphatic heterocycles. The van der Waals surface area contributed by atoms with Crippen molar-refractivity contribution in [2.75, 3.05) is 45.8 Å². The van der Waals surface area contributed by atoms with Crippen LogP contribution in [0.15, 0.2) is 40.9 Å². The Kier molecular flexibility index (Phi) is 7.08. The molecule has 0 atom stereocenters. The third-order valence-corrected chi connectivity index (χ3v) is 5.41. The number of rotatable bonds is 5. The molecule has 142 valence electrons. The molecule has 26 heavy (non-hydrogen) atoms. The Morgan fingerprint density at radius 1 is 1.00 bits per heavy atom. The molecule has 3 heterocycles. The third kappa shape index (κ3) is 5.07. The van der Waals surface area contributed by atoms with Crippen LogP contribution in [0.25, 0.3) is 11.3 Å². The highest BCUT2D eigenvalue weighted by Gasteiger charge is 2.22. The first-order chi connectivity index (χ1) is 12.4. The van der Waals surface area contributed by atoms with Gasteiger partial charge in [0.1, 0.15) is 0 Å². The van der Waals surface area contributed by atoms with Crippen LogP contribution >= 0.6 is 12.4 Å². The predicted molar refractivity (Wildman–Crippen MR) is 106 cm³/mol. The Balaban J connectivity index is 0.00000196. The van der Waals surface area contributed by atoms with Crippen molar-refractivity contribution in [1.82, 2.24) is 20.1 Å². The van der Waals surface area contributed by atoms with Gasteiger partial charge in [0.2, 0.25) is 5.89 Å². The van der Waals surface area contributed by atoms with E-state index in [0.717, 1.165) is 55.9 Å². The van der Waals surface area contributed by atoms with E-state index in [1.807, 2.05) is 24.4 Å². The zero-order chi connectivity index (χ0) is 16.9. The lowest BCUT2D eigenvalue weighted by Crippen LogP contribution is -2.48. The van der Waals surface area contributed by atoms with Crippen molar-refractivity contribution in [2.24, 2.45) is 5.92 Å². The number of benzene rings is 1. The minimum absolute atomic E-state index is 0. The molecule has 0 bridgehead atoms. The Bertz CT molecular complexity index is 649. The van der Waals surface area contributed by atoms with Crippen LogP contribution in [0.3, 0.4) is 0 Å². The Labute approximate surface area is 162 Å². The minimum atomic E-state index is 0. The van der Waals surface area contributed by atoms with Crippen LogP contribution in [0.1, 0.15) is 18.7 Å². The third-order valence-electron chi connectivity index (χ3n) is 5.41. The number of nitrogens with zero attached hydrogens (tertiary/aromatic N) is 3. The molecule has 2 fully saturated rings. The van der Waals surface area contributed by atoms with Gasteiger partial charge < -0.3 is 14.6 Å². The summed E-state index contributed by atoms with van der Waals surface area (Å²) >= 11 is 0. The van der Waals surface area contributed by atoms with Crippen molar-refractivity contribution >= 4 is 12.4 Å². The first kappa shape index (κ1) is 19.4. The number of piperidine rings is 1. The van der Waals surface area contributed by atoms with E-state index in [9.17, 15) is 0 Å². The summed E-state index contributed by atoms with van der Waals surface area (Å²) in [4.78, 5) is 9.56. The van der Waals surface area contributed by atoms with Crippen molar-refractivity contribution in [3.05, 3.63) is 42.4 Å². The molecular weight excluding hydrogens is 348 g/mol. The zero-order valence-electron chi connectivity index (χ0n) is 15.3. The van der Waals surface area contributed by atoms with Crippen LogP contribution in [-0.2, 0) is 6.54 Å². The second kappa shape index (κ2) is 9.51. The number of nitrogens with one attached hydrogen (secondary N) is 1. The lowest BCUT2D eigenvalue weighted by molar-refractivity contribution is 0.101. The summed E-state index contributed by atoms with van der Waals surface area (Å²) in [5, 5.41) is 3.46. The summed E-state index contributed by atoms with van der Waals surface area (Å²) in [5.74, 6) is 2.57. The number of piperazine rings is 1. The normalized spacial score (nSPS) is 20.0. The molecule has 0 saturated carbocycles. The van der Waals surface area contributed by atoms with Crippen molar-refractivity contribution in [3.8, 4) is 11.3 Å². The van der Waals surface area contributed by atoms with Gasteiger partial charge in [-0.05, 0) is 31.8 Å². The average Bonchev–Trinajstić information content (AvgIpc) is 3.14. The topological polar surface area (TPSA) is 44.5 Å². The maximum atomic E-state index is 5.95. The van der Waals surface area contributed by atoms with Crippen molar-refractivity contribution in [2.45, 2.75) is 19.4 Å². The summed E-state index contributed by atoms with van der Waals surface area (Å²) in [6.07, 6.45) is 4.51. The highest BCUT2D eigenvalue weighted by Crippen LogP contribution is 2.21. The number of hydrogen-bond acceptors (Lipinski definition) is 5. The second-order valence-electron chi connectivity index (χ2n) is 7.25. The molecule has 6 heteroatoms. The molecule has 0 aliphatic carbocycles. The largest absolute Gasteiger partial charge is 0.439 e. The molecule has 0 spiro atoms. The maximum Gasteiger partial charge on any atom is 0.209 e. The summed E-state index contributed by atoms with van der Waals surface area (Å²) in [7, 11) is 0. The van der Waals surface area contributed by atoms with E-state index in [2.05, 4.69) is 32.2 Å². The minimum Gasteiger partial charge on any atom is -0.439 e. The smallest absolute Gasteiger partial charge is 0.209 e. The van der Waals surface area contributed by atoms with Gasteiger partial charge in [0.15, 0.2) is 5.76 Å². The molecule has 5 nitrogen and oxygen atoms in total. The fourth-order valence-corrected chi connectivity index (χ4v) is 3.87. The first-order valence-electron chi connectivity index (χ1n) is 9.52. The molecule has 2 aliphatic rings. The van der Waals surface area contributed by atoms with Gasteiger partial charge in [-0.2, -0.15) is 0 Å². The van der Waals surface area contributed by atoms with Crippen LogP contribution in [-0.4, -0.2) is 60.6 Å². The maximum absolute atomic E-state index is 5.95. The number of oxazole rings is 1. The summed E-state index contributed by atoms with van der Waals surface area (Å²) in [6, 6.07) is 10.2. The van der Waals surface area contributed by atoms with E-state index in [1.54, 1.807) is 0 Å². The van der Waals surface area contributed by atoms with Crippen molar-refractivity contribution in [3.63, 3.8) is 0 Å². The van der Waals surface area contributed by atoms with E-state index in [4.69, 9.17) is 4.42 Å². The van der Waals surface area contributed by atoms with Gasteiger partial charge in [0, 0.05) is 38.3 Å². The fraction of sp³-hybridized carbons (Fsp3) is 0.550. The quantitative estimate of drug-likeness (QED) is 0.869. The molecular formula is C20H29ClN4O. The molecule has 2 aromatic rings. The van der Waals surface area contributed by atoms with Crippen LogP contribution in [0, 0.1) is 5.92 Å². The van der Waals surface area contributed by atoms with Gasteiger partial charge in [0.25, 0.3) is 0 Å². The van der Waals surface area contributed by atoms with Gasteiger partial charge >= 0.3 is 0 Å². The molecule has 0 unspecified atom stereocenters. The van der Waals surface area contributed by atoms with Gasteiger partial charge in [-0.15, -0.1) is 12.4 Å². The predicted octanol–water partition coefficient (Wildman–Crippen LogP) is 2.88. The van der Waals surface area contributed by atoms with E-state index in [-0.39, 0.29) is 12.4 Å². The summed E-state index contributed by atoms with van der Waals surface area (Å²) in [5.41, 5.74) is 1.09. The lowest BCUT2D eigenvalue weighted by atomic mass is 9.97. The fourth-order valence-electron chi connectivity index (χ4n) is 3.87. The number of aromatic nitrogens is 1. The van der Waals surface area contributed by atoms with E-state index in [1.165, 1.54) is 32.5 Å². The summed E-state index contributed by atoms with van der Waals surface area (Å²) in [6.45, 7) is 9.01. The molecule has 0 amide bonds. The molecule has 0 radical (unpaired) electrons. The van der Waals surface area contributed by atoms with E-state index in [0.29, 0.717) is 0 Å². The van der Waals surface area contributed by atoms with Crippen molar-refractivity contribution in [1.29, 1.82) is 0 Å². The molecule has 1 aromatic heterocycles. The van der Waals surface area contributed by atoms with Crippen LogP contribution < -0.4 is 5.32 Å². The molecule has 1 aromatic carbocycles. The molecule has 1 N–H and O–H groups in total. The number of halogens is 1. The monoisotopic (exact) mass is 376 g/mol. The van der Waals surface area contributed by atoms with Crippen LogP contribution in [0.5, 0.6) is 0 Å². The van der Waals surface area contributed by atoms with Gasteiger partial charge in [-0.3, -0.25) is 4.90 Å². The van der Waals surface area contributed by atoms with Crippen LogP contribution in [0.2, 0.25) is 0 Å². The van der Waals surface area contributed by atoms with Crippen LogP contribution in [0.4, 0.5) is 0 Å². The van der Waals surface area contributed by atoms with E-state index < -0.39 is 0 Å². The highest BCUT2D eigenvalue weighted by molar-refractivity contribution is 5.85. The Morgan fingerprint density at radius 3 is 2.42 bits per heavy atom. The second-order valence-corrected chi connectivity index (χ2v) is 7.25. The molecule has 2 saturated heterocycles. The first-order valence-corrected chi connectivity index (χ1v) is 9.52. The van der Waals surface area contributed by atoms with Gasteiger partial charge in [0.05, 0.1) is 12.7 Å². The zero-order valence-corrected chi connectivity index (χ0v) is 16.1. The SMILES string of the molecule is Cl.c1ccc(-c2cnc(CN3CCN(CC4CCNCC4)CC3)o2)cc1. The van der Waals surface area contributed by atoms with E-state index >= 15 is 0 Å². The Morgan fingerprint density at radius 2 is 1.69 bits per heavy atom. The van der Waals surface area contributed by atoms with Gasteiger partial charge in [-0.25, -0.2) is 4.98 Å². The van der Waals surface area contributed by atoms with Crippen molar-refractivity contribution < 1.29 is 4.42 Å². The average molecular weight is 377 g/mol. The standard InChI is InChI=1S/C20H28N4O.ClH/c1-2-4-18(5-3-1)19-14-22-20(25-19)16-24-12-10-23(11-13-24)15-17-6-8-21-9-7-17;/h1-5,14,17,21H,6-13,15-16H2;1H. The summed E-state index contributed by atoms with van der Waals surface area (Å²) < 4.78 is 5.95. The van der Waals surface area contributed by atoms with Gasteiger partial charge in [-0.1, -0.05) is 30.3 Å². The lowest BCUT2D eigenvalue weighted by Gasteiger charge is -2.36. The number of hydrogen-bond donors (Lipinski definition) is 1.